The maximum absolute atomic E-state index is 5.78. The van der Waals surface area contributed by atoms with Crippen LogP contribution < -0.4 is 0 Å². The number of hydrogen-bond acceptors (Lipinski definition) is 2. The van der Waals surface area contributed by atoms with E-state index in [2.05, 4.69) is 20.8 Å². The van der Waals surface area contributed by atoms with Crippen LogP contribution in [0, 0.1) is 5.92 Å². The van der Waals surface area contributed by atoms with Crippen LogP contribution in [0.15, 0.2) is 0 Å². The van der Waals surface area contributed by atoms with E-state index in [0.717, 1.165) is 32.1 Å². The summed E-state index contributed by atoms with van der Waals surface area (Å²) in [6, 6.07) is 1.03. The lowest BCUT2D eigenvalue weighted by molar-refractivity contribution is 0.193. The Balaban J connectivity index is 3.71. The first-order chi connectivity index (χ1) is 6.74. The van der Waals surface area contributed by atoms with Crippen LogP contribution in [0.3, 0.4) is 0 Å². The number of hydrogen-bond donors (Lipinski definition) is 0. The molecule has 0 aliphatic rings. The van der Waals surface area contributed by atoms with Crippen molar-refractivity contribution in [3.05, 3.63) is 0 Å². The van der Waals surface area contributed by atoms with Crippen molar-refractivity contribution < 1.29 is 8.85 Å². The molecule has 0 aliphatic carbocycles. The Morgan fingerprint density at radius 2 is 1.64 bits per heavy atom. The van der Waals surface area contributed by atoms with E-state index in [-0.39, 0.29) is 0 Å². The van der Waals surface area contributed by atoms with Crippen LogP contribution in [0.4, 0.5) is 0 Å². The summed E-state index contributed by atoms with van der Waals surface area (Å²) < 4.78 is 11.4. The van der Waals surface area contributed by atoms with Gasteiger partial charge in [-0.15, -0.1) is 11.6 Å². The first-order valence-corrected chi connectivity index (χ1v) is 7.83. The number of rotatable bonds is 9. The summed E-state index contributed by atoms with van der Waals surface area (Å²) in [6.07, 6.45) is 2.13. The highest BCUT2D eigenvalue weighted by atomic mass is 35.5. The molecule has 0 spiro atoms. The van der Waals surface area contributed by atoms with E-state index in [1.807, 2.05) is 0 Å². The van der Waals surface area contributed by atoms with Crippen molar-refractivity contribution in [2.75, 3.05) is 19.1 Å². The molecule has 0 aliphatic heterocycles. The van der Waals surface area contributed by atoms with E-state index in [1.165, 1.54) is 0 Å². The van der Waals surface area contributed by atoms with E-state index in [4.69, 9.17) is 20.5 Å². The third-order valence-electron chi connectivity index (χ3n) is 1.87. The van der Waals surface area contributed by atoms with Crippen molar-refractivity contribution >= 4 is 20.9 Å². The topological polar surface area (TPSA) is 18.5 Å². The highest BCUT2D eigenvalue weighted by Gasteiger charge is 2.16. The van der Waals surface area contributed by atoms with Gasteiger partial charge in [-0.05, 0) is 24.8 Å². The van der Waals surface area contributed by atoms with Crippen LogP contribution in [0.2, 0.25) is 6.04 Å². The van der Waals surface area contributed by atoms with Gasteiger partial charge in [0.05, 0.1) is 0 Å². The third kappa shape index (κ3) is 7.80. The van der Waals surface area contributed by atoms with Crippen molar-refractivity contribution in [1.29, 1.82) is 0 Å². The Bertz CT molecular complexity index is 117. The average Bonchev–Trinajstić information content (AvgIpc) is 2.21. The Morgan fingerprint density at radius 3 is 2.00 bits per heavy atom. The van der Waals surface area contributed by atoms with Gasteiger partial charge >= 0.3 is 9.28 Å². The Morgan fingerprint density at radius 1 is 1.14 bits per heavy atom. The lowest BCUT2D eigenvalue weighted by atomic mass is 10.3. The van der Waals surface area contributed by atoms with Crippen molar-refractivity contribution in [2.24, 2.45) is 5.92 Å². The molecule has 86 valence electrons. The van der Waals surface area contributed by atoms with Gasteiger partial charge in [0.25, 0.3) is 0 Å². The minimum Gasteiger partial charge on any atom is -0.397 e. The van der Waals surface area contributed by atoms with Crippen LogP contribution in [-0.4, -0.2) is 28.4 Å². The largest absolute Gasteiger partial charge is 0.397 e. The first kappa shape index (κ1) is 14.4. The fourth-order valence-corrected chi connectivity index (χ4v) is 3.60. The molecule has 0 bridgehead atoms. The second-order valence-corrected chi connectivity index (χ2v) is 5.97. The molecule has 0 rings (SSSR count). The van der Waals surface area contributed by atoms with Gasteiger partial charge < -0.3 is 8.85 Å². The zero-order chi connectivity index (χ0) is 10.8. The highest BCUT2D eigenvalue weighted by Crippen LogP contribution is 2.11. The van der Waals surface area contributed by atoms with E-state index in [1.54, 1.807) is 0 Å². The minimum atomic E-state index is -1.43. The molecule has 0 amide bonds. The summed E-state index contributed by atoms with van der Waals surface area (Å²) in [5, 5.41) is 0. The van der Waals surface area contributed by atoms with Gasteiger partial charge in [0, 0.05) is 19.1 Å². The quantitative estimate of drug-likeness (QED) is 0.454. The molecule has 14 heavy (non-hydrogen) atoms. The third-order valence-corrected chi connectivity index (χ3v) is 4.81. The van der Waals surface area contributed by atoms with Gasteiger partial charge in [0.1, 0.15) is 0 Å². The van der Waals surface area contributed by atoms with Crippen LogP contribution in [-0.2, 0) is 8.85 Å². The Hall–Kier alpha value is 0.427. The van der Waals surface area contributed by atoms with Crippen LogP contribution in [0.5, 0.6) is 0 Å². The summed E-state index contributed by atoms with van der Waals surface area (Å²) in [5.74, 6) is 1.22. The molecule has 0 heterocycles. The van der Waals surface area contributed by atoms with E-state index in [9.17, 15) is 0 Å². The van der Waals surface area contributed by atoms with Crippen molar-refractivity contribution in [3.8, 4) is 0 Å². The van der Waals surface area contributed by atoms with Gasteiger partial charge in [0.2, 0.25) is 0 Å². The van der Waals surface area contributed by atoms with Crippen molar-refractivity contribution in [2.45, 2.75) is 39.7 Å². The molecule has 0 aromatic rings. The molecule has 0 N–H and O–H groups in total. The molecule has 1 atom stereocenters. The lowest BCUT2D eigenvalue weighted by Gasteiger charge is -2.18. The number of halogens is 1. The lowest BCUT2D eigenvalue weighted by Crippen LogP contribution is -2.26. The molecule has 2 nitrogen and oxygen atoms in total. The van der Waals surface area contributed by atoms with Gasteiger partial charge in [0.15, 0.2) is 0 Å². The molecule has 0 fully saturated rings. The fourth-order valence-electron chi connectivity index (χ4n) is 1.07. The fraction of sp³-hybridized carbons (Fsp3) is 1.00. The molecule has 0 aromatic carbocycles. The maximum atomic E-state index is 5.78. The average molecular weight is 239 g/mol. The summed E-state index contributed by atoms with van der Waals surface area (Å²) in [7, 11) is -1.43. The van der Waals surface area contributed by atoms with Crippen LogP contribution in [0.1, 0.15) is 33.6 Å². The minimum absolute atomic E-state index is 0.516. The number of alkyl halides is 1. The van der Waals surface area contributed by atoms with Crippen LogP contribution >= 0.6 is 11.6 Å². The smallest absolute Gasteiger partial charge is 0.321 e. The van der Waals surface area contributed by atoms with Gasteiger partial charge in [-0.1, -0.05) is 20.8 Å². The first-order valence-electron chi connectivity index (χ1n) is 5.53. The molecule has 0 saturated carbocycles. The summed E-state index contributed by atoms with van der Waals surface area (Å²) in [4.78, 5) is 0. The second-order valence-electron chi connectivity index (χ2n) is 3.67. The maximum Gasteiger partial charge on any atom is 0.321 e. The zero-order valence-corrected chi connectivity index (χ0v) is 11.5. The summed E-state index contributed by atoms with van der Waals surface area (Å²) >= 11 is 5.78. The molecule has 0 radical (unpaired) electrons. The monoisotopic (exact) mass is 238 g/mol. The van der Waals surface area contributed by atoms with Crippen molar-refractivity contribution in [1.82, 2.24) is 0 Å². The van der Waals surface area contributed by atoms with E-state index in [0.29, 0.717) is 11.8 Å². The van der Waals surface area contributed by atoms with Gasteiger partial charge in [-0.2, -0.15) is 0 Å². The second kappa shape index (κ2) is 9.96. The summed E-state index contributed by atoms with van der Waals surface area (Å²) in [5.41, 5.74) is 0. The van der Waals surface area contributed by atoms with E-state index >= 15 is 0 Å². The molecule has 1 unspecified atom stereocenters. The highest BCUT2D eigenvalue weighted by molar-refractivity contribution is 6.44. The van der Waals surface area contributed by atoms with Gasteiger partial charge in [-0.25, -0.2) is 0 Å². The standard InChI is InChI=1S/C10H23ClO2Si/c1-4-6-12-14(13-7-5-2)9-10(3)8-11/h10,14H,4-9H2,1-3H3. The Kier molecular flexibility index (Phi) is 10.3. The SMILES string of the molecule is CCCO[SiH](CC(C)CCl)OCCC. The molecular weight excluding hydrogens is 216 g/mol. The van der Waals surface area contributed by atoms with Crippen LogP contribution in [0.25, 0.3) is 0 Å². The molecule has 0 aromatic heterocycles. The molecule has 4 heteroatoms. The zero-order valence-electron chi connectivity index (χ0n) is 9.59. The molecular formula is C10H23ClO2Si. The molecule has 0 saturated heterocycles. The van der Waals surface area contributed by atoms with Gasteiger partial charge in [-0.3, -0.25) is 0 Å². The predicted molar refractivity (Wildman–Crippen MR) is 64.3 cm³/mol. The van der Waals surface area contributed by atoms with E-state index < -0.39 is 9.28 Å². The normalized spacial score (nSPS) is 13.5. The van der Waals surface area contributed by atoms with Crippen molar-refractivity contribution in [3.63, 3.8) is 0 Å². The predicted octanol–water partition coefficient (Wildman–Crippen LogP) is 2.94. The summed E-state index contributed by atoms with van der Waals surface area (Å²) in [6.45, 7) is 8.05. The Labute approximate surface area is 94.8 Å².